The number of phenols is 1. The second kappa shape index (κ2) is 6.21. The molecule has 1 N–H and O–H groups in total. The summed E-state index contributed by atoms with van der Waals surface area (Å²) in [6, 6.07) is 3.87. The van der Waals surface area contributed by atoms with Crippen molar-refractivity contribution in [2.75, 3.05) is 38.6 Å². The fraction of sp³-hybridized carbons (Fsp3) is 0.462. The maximum atomic E-state index is 13.6. The van der Waals surface area contributed by atoms with E-state index in [4.69, 9.17) is 11.6 Å². The van der Waals surface area contributed by atoms with Crippen LogP contribution < -0.4 is 0 Å². The summed E-state index contributed by atoms with van der Waals surface area (Å²) in [6.45, 7) is 3.25. The molecule has 104 valence electrons. The Hall–Kier alpha value is -1.33. The standard InChI is InChI=1S/C13H16ClFN2O2/c14-4-5-16-6-8-17(9-7-16)13(19)12-10(15)2-1-3-11(12)18/h1-3,18H,4-9H2. The lowest BCUT2D eigenvalue weighted by Crippen LogP contribution is -2.49. The lowest BCUT2D eigenvalue weighted by molar-refractivity contribution is 0.0636. The summed E-state index contributed by atoms with van der Waals surface area (Å²) in [6.07, 6.45) is 0. The molecule has 0 atom stereocenters. The summed E-state index contributed by atoms with van der Waals surface area (Å²) < 4.78 is 13.6. The van der Waals surface area contributed by atoms with E-state index in [9.17, 15) is 14.3 Å². The highest BCUT2D eigenvalue weighted by molar-refractivity contribution is 6.18. The molecule has 1 amide bonds. The summed E-state index contributed by atoms with van der Waals surface area (Å²) in [7, 11) is 0. The number of carbonyl (C=O) groups excluding carboxylic acids is 1. The third kappa shape index (κ3) is 3.16. The van der Waals surface area contributed by atoms with Crippen molar-refractivity contribution >= 4 is 17.5 Å². The predicted molar refractivity (Wildman–Crippen MR) is 71.1 cm³/mol. The number of alkyl halides is 1. The molecule has 2 rings (SSSR count). The van der Waals surface area contributed by atoms with Crippen molar-refractivity contribution in [2.45, 2.75) is 0 Å². The molecule has 0 spiro atoms. The number of halogens is 2. The van der Waals surface area contributed by atoms with Crippen LogP contribution in [0.2, 0.25) is 0 Å². The number of phenolic OH excluding ortho intramolecular Hbond substituents is 1. The van der Waals surface area contributed by atoms with Crippen LogP contribution in [-0.2, 0) is 0 Å². The normalized spacial score (nSPS) is 16.6. The number of piperazine rings is 1. The Morgan fingerprint density at radius 1 is 1.32 bits per heavy atom. The van der Waals surface area contributed by atoms with Gasteiger partial charge in [0.25, 0.3) is 5.91 Å². The van der Waals surface area contributed by atoms with E-state index in [2.05, 4.69) is 4.90 Å². The lowest BCUT2D eigenvalue weighted by atomic mass is 10.1. The SMILES string of the molecule is O=C(c1c(O)cccc1F)N1CCN(CCCl)CC1. The van der Waals surface area contributed by atoms with Gasteiger partial charge in [0.2, 0.25) is 0 Å². The summed E-state index contributed by atoms with van der Waals surface area (Å²) in [4.78, 5) is 15.9. The summed E-state index contributed by atoms with van der Waals surface area (Å²) >= 11 is 5.67. The lowest BCUT2D eigenvalue weighted by Gasteiger charge is -2.34. The Bertz CT molecular complexity index is 442. The van der Waals surface area contributed by atoms with E-state index in [0.29, 0.717) is 32.1 Å². The van der Waals surface area contributed by atoms with Crippen LogP contribution in [0.25, 0.3) is 0 Å². The fourth-order valence-electron chi connectivity index (χ4n) is 2.18. The molecule has 1 heterocycles. The summed E-state index contributed by atoms with van der Waals surface area (Å²) in [5, 5.41) is 9.61. The average molecular weight is 287 g/mol. The van der Waals surface area contributed by atoms with Gasteiger partial charge >= 0.3 is 0 Å². The number of amides is 1. The quantitative estimate of drug-likeness (QED) is 0.857. The molecule has 1 aliphatic rings. The van der Waals surface area contributed by atoms with Crippen LogP contribution in [0.3, 0.4) is 0 Å². The first-order chi connectivity index (χ1) is 9.13. The van der Waals surface area contributed by atoms with Crippen molar-refractivity contribution in [1.29, 1.82) is 0 Å². The van der Waals surface area contributed by atoms with Gasteiger partial charge in [0, 0.05) is 38.6 Å². The van der Waals surface area contributed by atoms with Crippen molar-refractivity contribution in [3.8, 4) is 5.75 Å². The van der Waals surface area contributed by atoms with E-state index in [-0.39, 0.29) is 11.3 Å². The van der Waals surface area contributed by atoms with Gasteiger partial charge in [0.05, 0.1) is 0 Å². The Kier molecular flexibility index (Phi) is 4.61. The first-order valence-corrected chi connectivity index (χ1v) is 6.72. The topological polar surface area (TPSA) is 43.8 Å². The van der Waals surface area contributed by atoms with Gasteiger partial charge in [0.15, 0.2) is 0 Å². The number of hydrogen-bond acceptors (Lipinski definition) is 3. The van der Waals surface area contributed by atoms with E-state index in [1.807, 2.05) is 0 Å². The molecule has 0 aromatic heterocycles. The maximum Gasteiger partial charge on any atom is 0.260 e. The van der Waals surface area contributed by atoms with Crippen LogP contribution >= 0.6 is 11.6 Å². The monoisotopic (exact) mass is 286 g/mol. The number of hydrogen-bond donors (Lipinski definition) is 1. The van der Waals surface area contributed by atoms with Crippen LogP contribution in [0.5, 0.6) is 5.75 Å². The fourth-order valence-corrected chi connectivity index (χ4v) is 2.42. The Labute approximate surface area is 116 Å². The minimum atomic E-state index is -0.687. The molecule has 4 nitrogen and oxygen atoms in total. The van der Waals surface area contributed by atoms with Gasteiger partial charge in [-0.05, 0) is 12.1 Å². The van der Waals surface area contributed by atoms with E-state index >= 15 is 0 Å². The van der Waals surface area contributed by atoms with Gasteiger partial charge in [-0.1, -0.05) is 6.07 Å². The van der Waals surface area contributed by atoms with Crippen molar-refractivity contribution in [1.82, 2.24) is 9.80 Å². The Morgan fingerprint density at radius 2 is 2.00 bits per heavy atom. The number of aromatic hydroxyl groups is 1. The molecule has 0 saturated carbocycles. The zero-order valence-corrected chi connectivity index (χ0v) is 11.2. The number of nitrogens with zero attached hydrogens (tertiary/aromatic N) is 2. The molecule has 0 radical (unpaired) electrons. The van der Waals surface area contributed by atoms with Crippen molar-refractivity contribution < 1.29 is 14.3 Å². The van der Waals surface area contributed by atoms with Gasteiger partial charge in [-0.25, -0.2) is 4.39 Å². The molecular formula is C13H16ClFN2O2. The van der Waals surface area contributed by atoms with Gasteiger partial charge in [0.1, 0.15) is 17.1 Å². The number of carbonyl (C=O) groups is 1. The van der Waals surface area contributed by atoms with Gasteiger partial charge in [-0.3, -0.25) is 9.69 Å². The second-order valence-electron chi connectivity index (χ2n) is 4.46. The van der Waals surface area contributed by atoms with Crippen molar-refractivity contribution in [3.63, 3.8) is 0 Å². The molecule has 1 aliphatic heterocycles. The molecule has 6 heteroatoms. The van der Waals surface area contributed by atoms with Gasteiger partial charge in [-0.15, -0.1) is 11.6 Å². The number of benzene rings is 1. The van der Waals surface area contributed by atoms with Gasteiger partial charge in [-0.2, -0.15) is 0 Å². The van der Waals surface area contributed by atoms with Crippen molar-refractivity contribution in [2.24, 2.45) is 0 Å². The molecule has 19 heavy (non-hydrogen) atoms. The third-order valence-corrected chi connectivity index (χ3v) is 3.43. The molecule has 0 bridgehead atoms. The highest BCUT2D eigenvalue weighted by atomic mass is 35.5. The smallest absolute Gasteiger partial charge is 0.260 e. The third-order valence-electron chi connectivity index (χ3n) is 3.27. The Morgan fingerprint density at radius 3 is 2.58 bits per heavy atom. The van der Waals surface area contributed by atoms with Crippen LogP contribution in [0.4, 0.5) is 4.39 Å². The van der Waals surface area contributed by atoms with Crippen LogP contribution in [0.1, 0.15) is 10.4 Å². The zero-order chi connectivity index (χ0) is 13.8. The largest absolute Gasteiger partial charge is 0.507 e. The average Bonchev–Trinajstić information content (AvgIpc) is 2.39. The van der Waals surface area contributed by atoms with E-state index in [1.165, 1.54) is 18.2 Å². The van der Waals surface area contributed by atoms with E-state index in [0.717, 1.165) is 6.54 Å². The highest BCUT2D eigenvalue weighted by Crippen LogP contribution is 2.22. The Balaban J connectivity index is 2.05. The predicted octanol–water partition coefficient (Wildman–Crippen LogP) is 1.53. The molecule has 1 saturated heterocycles. The summed E-state index contributed by atoms with van der Waals surface area (Å²) in [5.74, 6) is -0.898. The molecule has 1 aromatic carbocycles. The van der Waals surface area contributed by atoms with E-state index in [1.54, 1.807) is 4.90 Å². The number of rotatable bonds is 3. The van der Waals surface area contributed by atoms with Crippen LogP contribution in [0.15, 0.2) is 18.2 Å². The zero-order valence-electron chi connectivity index (χ0n) is 10.5. The second-order valence-corrected chi connectivity index (χ2v) is 4.83. The van der Waals surface area contributed by atoms with Crippen LogP contribution in [0, 0.1) is 5.82 Å². The first-order valence-electron chi connectivity index (χ1n) is 6.18. The molecular weight excluding hydrogens is 271 g/mol. The molecule has 1 aromatic rings. The molecule has 1 fully saturated rings. The first kappa shape index (κ1) is 14.1. The highest BCUT2D eigenvalue weighted by Gasteiger charge is 2.25. The van der Waals surface area contributed by atoms with Gasteiger partial charge < -0.3 is 10.0 Å². The van der Waals surface area contributed by atoms with E-state index < -0.39 is 11.7 Å². The summed E-state index contributed by atoms with van der Waals surface area (Å²) in [5.41, 5.74) is -0.242. The van der Waals surface area contributed by atoms with Crippen LogP contribution in [-0.4, -0.2) is 59.4 Å². The van der Waals surface area contributed by atoms with Crippen molar-refractivity contribution in [3.05, 3.63) is 29.6 Å². The minimum absolute atomic E-state index is 0.242. The maximum absolute atomic E-state index is 13.6. The molecule has 0 unspecified atom stereocenters. The molecule has 0 aliphatic carbocycles. The minimum Gasteiger partial charge on any atom is -0.507 e.